The second kappa shape index (κ2) is 8.74. The van der Waals surface area contributed by atoms with E-state index in [0.29, 0.717) is 13.1 Å². The molecule has 0 bridgehead atoms. The third-order valence-corrected chi connectivity index (χ3v) is 3.30. The number of carboxylic acids is 1. The Balaban J connectivity index is 2.02. The van der Waals surface area contributed by atoms with Gasteiger partial charge in [-0.15, -0.1) is 0 Å². The number of hydrogen-bond donors (Lipinski definition) is 3. The summed E-state index contributed by atoms with van der Waals surface area (Å²) in [6.07, 6.45) is 3.89. The van der Waals surface area contributed by atoms with Gasteiger partial charge in [-0.1, -0.05) is 13.3 Å². The predicted molar refractivity (Wildman–Crippen MR) is 73.1 cm³/mol. The maximum Gasteiger partial charge on any atom is 0.314 e. The molecule has 0 aliphatic carbocycles. The summed E-state index contributed by atoms with van der Waals surface area (Å²) in [7, 11) is 0. The van der Waals surface area contributed by atoms with Crippen molar-refractivity contribution in [3.63, 3.8) is 0 Å². The van der Waals surface area contributed by atoms with Gasteiger partial charge < -0.3 is 20.6 Å². The Bertz CT molecular complexity index is 291. The second-order valence-electron chi connectivity index (χ2n) is 5.24. The molecule has 2 amide bonds. The number of nitrogens with zero attached hydrogens (tertiary/aromatic N) is 1. The highest BCUT2D eigenvalue weighted by Crippen LogP contribution is 2.07. The van der Waals surface area contributed by atoms with E-state index in [-0.39, 0.29) is 18.4 Å². The number of piperidine rings is 1. The number of likely N-dealkylation sites (tertiary alicyclic amines) is 1. The lowest BCUT2D eigenvalue weighted by atomic mass is 10.1. The third kappa shape index (κ3) is 7.66. The Hall–Kier alpha value is -1.30. The first-order chi connectivity index (χ1) is 9.08. The van der Waals surface area contributed by atoms with Crippen LogP contribution in [0.5, 0.6) is 0 Å². The van der Waals surface area contributed by atoms with E-state index < -0.39 is 5.97 Å². The first-order valence-corrected chi connectivity index (χ1v) is 7.04. The average Bonchev–Trinajstić information content (AvgIpc) is 2.37. The summed E-state index contributed by atoms with van der Waals surface area (Å²) < 4.78 is 0. The topological polar surface area (TPSA) is 81.7 Å². The number of amides is 2. The van der Waals surface area contributed by atoms with E-state index >= 15 is 0 Å². The van der Waals surface area contributed by atoms with Gasteiger partial charge in [-0.05, 0) is 31.8 Å². The fourth-order valence-corrected chi connectivity index (χ4v) is 2.21. The van der Waals surface area contributed by atoms with Crippen LogP contribution < -0.4 is 10.6 Å². The summed E-state index contributed by atoms with van der Waals surface area (Å²) in [5, 5.41) is 14.1. The monoisotopic (exact) mass is 271 g/mol. The number of urea groups is 1. The van der Waals surface area contributed by atoms with E-state index in [1.807, 2.05) is 6.92 Å². The van der Waals surface area contributed by atoms with Gasteiger partial charge in [0.15, 0.2) is 0 Å². The molecule has 110 valence electrons. The Morgan fingerprint density at radius 2 is 1.89 bits per heavy atom. The summed E-state index contributed by atoms with van der Waals surface area (Å²) in [6.45, 7) is 5.97. The highest BCUT2D eigenvalue weighted by Gasteiger charge is 2.11. The Morgan fingerprint density at radius 1 is 1.21 bits per heavy atom. The van der Waals surface area contributed by atoms with E-state index in [1.165, 1.54) is 19.3 Å². The number of carboxylic acid groups (broad SMARTS) is 1. The van der Waals surface area contributed by atoms with Crippen LogP contribution in [0.2, 0.25) is 0 Å². The van der Waals surface area contributed by atoms with Crippen LogP contribution in [-0.2, 0) is 4.79 Å². The van der Waals surface area contributed by atoms with Crippen molar-refractivity contribution in [1.29, 1.82) is 0 Å². The van der Waals surface area contributed by atoms with Crippen LogP contribution in [0.4, 0.5) is 4.79 Å². The lowest BCUT2D eigenvalue weighted by Crippen LogP contribution is -2.42. The minimum atomic E-state index is -0.834. The van der Waals surface area contributed by atoms with Crippen LogP contribution in [0.15, 0.2) is 0 Å². The van der Waals surface area contributed by atoms with Crippen molar-refractivity contribution in [3.05, 3.63) is 0 Å². The van der Waals surface area contributed by atoms with Gasteiger partial charge in [0, 0.05) is 26.1 Å². The summed E-state index contributed by atoms with van der Waals surface area (Å²) in [6, 6.07) is -0.214. The van der Waals surface area contributed by atoms with Gasteiger partial charge in [0.2, 0.25) is 0 Å². The molecule has 0 aromatic heterocycles. The average molecular weight is 271 g/mol. The zero-order chi connectivity index (χ0) is 14.1. The van der Waals surface area contributed by atoms with Crippen molar-refractivity contribution < 1.29 is 14.7 Å². The number of nitrogens with one attached hydrogen (secondary N) is 2. The quantitative estimate of drug-likeness (QED) is 0.642. The summed E-state index contributed by atoms with van der Waals surface area (Å²) in [4.78, 5) is 24.3. The molecule has 1 rings (SSSR count). The fraction of sp³-hybridized carbons (Fsp3) is 0.846. The van der Waals surface area contributed by atoms with Crippen LogP contribution in [0.25, 0.3) is 0 Å². The van der Waals surface area contributed by atoms with Crippen LogP contribution in [0, 0.1) is 5.92 Å². The van der Waals surface area contributed by atoms with Crippen LogP contribution in [-0.4, -0.2) is 54.7 Å². The van der Waals surface area contributed by atoms with Crippen molar-refractivity contribution in [2.75, 3.05) is 32.7 Å². The van der Waals surface area contributed by atoms with Gasteiger partial charge in [-0.2, -0.15) is 0 Å². The van der Waals surface area contributed by atoms with Crippen LogP contribution in [0.3, 0.4) is 0 Å². The maximum atomic E-state index is 11.5. The zero-order valence-corrected chi connectivity index (χ0v) is 11.7. The Morgan fingerprint density at radius 3 is 2.53 bits per heavy atom. The van der Waals surface area contributed by atoms with E-state index in [0.717, 1.165) is 19.6 Å². The number of carbonyl (C=O) groups is 2. The largest absolute Gasteiger partial charge is 0.481 e. The van der Waals surface area contributed by atoms with Crippen molar-refractivity contribution in [1.82, 2.24) is 15.5 Å². The molecular weight excluding hydrogens is 246 g/mol. The molecule has 1 saturated heterocycles. The molecule has 6 nitrogen and oxygen atoms in total. The molecule has 1 atom stereocenters. The minimum absolute atomic E-state index is 0.0506. The second-order valence-corrected chi connectivity index (χ2v) is 5.24. The first-order valence-electron chi connectivity index (χ1n) is 7.04. The summed E-state index contributed by atoms with van der Waals surface area (Å²) >= 11 is 0. The molecule has 1 aliphatic rings. The molecule has 0 radical (unpaired) electrons. The maximum absolute atomic E-state index is 11.5. The molecule has 3 N–H and O–H groups in total. The van der Waals surface area contributed by atoms with Crippen molar-refractivity contribution >= 4 is 12.0 Å². The number of aliphatic carboxylic acids is 1. The zero-order valence-electron chi connectivity index (χ0n) is 11.7. The number of carbonyl (C=O) groups excluding carboxylic acids is 1. The van der Waals surface area contributed by atoms with E-state index in [2.05, 4.69) is 15.5 Å². The molecule has 0 aromatic carbocycles. The molecular formula is C13H25N3O3. The molecule has 0 aromatic rings. The van der Waals surface area contributed by atoms with Gasteiger partial charge in [0.25, 0.3) is 0 Å². The van der Waals surface area contributed by atoms with E-state index in [4.69, 9.17) is 5.11 Å². The normalized spacial score (nSPS) is 17.7. The molecule has 1 aliphatic heterocycles. The lowest BCUT2D eigenvalue weighted by molar-refractivity contribution is -0.137. The SMILES string of the molecule is CC(CNC(=O)NCCN1CCCCC1)CC(=O)O. The van der Waals surface area contributed by atoms with Crippen molar-refractivity contribution in [3.8, 4) is 0 Å². The number of rotatable bonds is 7. The first kappa shape index (κ1) is 15.8. The van der Waals surface area contributed by atoms with Crippen molar-refractivity contribution in [2.24, 2.45) is 5.92 Å². The number of hydrogen-bond acceptors (Lipinski definition) is 3. The van der Waals surface area contributed by atoms with Gasteiger partial charge in [0.05, 0.1) is 0 Å². The Labute approximate surface area is 114 Å². The summed E-state index contributed by atoms with van der Waals surface area (Å²) in [5.41, 5.74) is 0. The molecule has 0 saturated carbocycles. The Kier molecular flexibility index (Phi) is 7.25. The third-order valence-electron chi connectivity index (χ3n) is 3.30. The van der Waals surface area contributed by atoms with Gasteiger partial charge in [0.1, 0.15) is 0 Å². The molecule has 6 heteroatoms. The van der Waals surface area contributed by atoms with Crippen molar-refractivity contribution in [2.45, 2.75) is 32.6 Å². The minimum Gasteiger partial charge on any atom is -0.481 e. The van der Waals surface area contributed by atoms with Gasteiger partial charge >= 0.3 is 12.0 Å². The van der Waals surface area contributed by atoms with Crippen LogP contribution >= 0.6 is 0 Å². The molecule has 19 heavy (non-hydrogen) atoms. The van der Waals surface area contributed by atoms with Crippen LogP contribution in [0.1, 0.15) is 32.6 Å². The van der Waals surface area contributed by atoms with E-state index in [9.17, 15) is 9.59 Å². The lowest BCUT2D eigenvalue weighted by Gasteiger charge is -2.26. The molecule has 0 spiro atoms. The highest BCUT2D eigenvalue weighted by molar-refractivity contribution is 5.74. The molecule has 1 unspecified atom stereocenters. The molecule has 1 fully saturated rings. The smallest absolute Gasteiger partial charge is 0.314 e. The fourth-order valence-electron chi connectivity index (χ4n) is 2.21. The highest BCUT2D eigenvalue weighted by atomic mass is 16.4. The van der Waals surface area contributed by atoms with Gasteiger partial charge in [-0.3, -0.25) is 4.79 Å². The summed E-state index contributed by atoms with van der Waals surface area (Å²) in [5.74, 6) is -0.884. The van der Waals surface area contributed by atoms with Gasteiger partial charge in [-0.25, -0.2) is 4.79 Å². The predicted octanol–water partition coefficient (Wildman–Crippen LogP) is 0.882. The van der Waals surface area contributed by atoms with E-state index in [1.54, 1.807) is 0 Å². The molecule has 1 heterocycles. The standard InChI is InChI=1S/C13H25N3O3/c1-11(9-12(17)18)10-15-13(19)14-5-8-16-6-3-2-4-7-16/h11H,2-10H2,1H3,(H,17,18)(H2,14,15,19).